The highest BCUT2D eigenvalue weighted by Gasteiger charge is 2.28. The molecule has 27 heavy (non-hydrogen) atoms. The molecule has 0 radical (unpaired) electrons. The Morgan fingerprint density at radius 1 is 1.11 bits per heavy atom. The number of hydrogen-bond acceptors (Lipinski definition) is 6. The molecule has 1 aromatic carbocycles. The molecule has 2 aromatic rings. The quantitative estimate of drug-likeness (QED) is 0.654. The van der Waals surface area contributed by atoms with Gasteiger partial charge >= 0.3 is 12.0 Å². The van der Waals surface area contributed by atoms with Crippen LogP contribution in [0.5, 0.6) is 0 Å². The smallest absolute Gasteiger partial charge is 0.338 e. The molecule has 0 fully saturated rings. The minimum atomic E-state index is -1.19. The summed E-state index contributed by atoms with van der Waals surface area (Å²) in [6.45, 7) is 3.33. The zero-order valence-electron chi connectivity index (χ0n) is 14.7. The van der Waals surface area contributed by atoms with Gasteiger partial charge in [0.05, 0.1) is 10.4 Å². The summed E-state index contributed by atoms with van der Waals surface area (Å²) < 4.78 is 5.22. The van der Waals surface area contributed by atoms with Gasteiger partial charge in [0.15, 0.2) is 6.10 Å². The largest absolute Gasteiger partial charge is 0.448 e. The Bertz CT molecular complexity index is 848. The van der Waals surface area contributed by atoms with Crippen molar-refractivity contribution in [3.63, 3.8) is 0 Å². The normalized spacial score (nSPS) is 11.5. The van der Waals surface area contributed by atoms with Crippen molar-refractivity contribution in [2.45, 2.75) is 20.0 Å². The molecule has 0 saturated carbocycles. The Balaban J connectivity index is 2.10. The Morgan fingerprint density at radius 3 is 2.44 bits per heavy atom. The fraction of sp³-hybridized carbons (Fsp3) is 0.222. The van der Waals surface area contributed by atoms with Crippen LogP contribution >= 0.6 is 11.3 Å². The molecule has 0 aliphatic carbocycles. The van der Waals surface area contributed by atoms with E-state index < -0.39 is 24.0 Å². The third-order valence-corrected chi connectivity index (χ3v) is 4.31. The number of imide groups is 1. The highest BCUT2D eigenvalue weighted by Crippen LogP contribution is 2.17. The van der Waals surface area contributed by atoms with Gasteiger partial charge in [-0.1, -0.05) is 26.0 Å². The number of nitrogens with one attached hydrogen (secondary N) is 2. The minimum Gasteiger partial charge on any atom is -0.448 e. The van der Waals surface area contributed by atoms with Gasteiger partial charge < -0.3 is 15.8 Å². The average Bonchev–Trinajstić information content (AvgIpc) is 3.13. The molecular weight excluding hydrogens is 370 g/mol. The number of primary amides is 1. The van der Waals surface area contributed by atoms with Crippen LogP contribution < -0.4 is 16.4 Å². The molecule has 0 saturated heterocycles. The summed E-state index contributed by atoms with van der Waals surface area (Å²) in [5, 5.41) is 6.37. The van der Waals surface area contributed by atoms with E-state index >= 15 is 0 Å². The zero-order chi connectivity index (χ0) is 20.0. The summed E-state index contributed by atoms with van der Waals surface area (Å²) in [6.07, 6.45) is -1.19. The molecule has 1 heterocycles. The van der Waals surface area contributed by atoms with Crippen molar-refractivity contribution in [2.24, 2.45) is 11.7 Å². The second kappa shape index (κ2) is 8.95. The Labute approximate surface area is 159 Å². The van der Waals surface area contributed by atoms with Crippen molar-refractivity contribution in [3.05, 3.63) is 52.2 Å². The number of carbonyl (C=O) groups excluding carboxylic acids is 4. The van der Waals surface area contributed by atoms with Crippen LogP contribution in [0, 0.1) is 5.92 Å². The first-order valence-corrected chi connectivity index (χ1v) is 8.92. The van der Waals surface area contributed by atoms with Crippen molar-refractivity contribution in [2.75, 3.05) is 5.32 Å². The molecule has 0 unspecified atom stereocenters. The number of rotatable bonds is 6. The third-order valence-electron chi connectivity index (χ3n) is 3.45. The topological polar surface area (TPSA) is 128 Å². The van der Waals surface area contributed by atoms with E-state index in [0.717, 1.165) is 0 Å². The lowest BCUT2D eigenvalue weighted by atomic mass is 10.1. The lowest BCUT2D eigenvalue weighted by molar-refractivity contribution is -0.130. The number of urea groups is 1. The number of anilines is 1. The molecule has 9 heteroatoms. The molecule has 0 aliphatic rings. The van der Waals surface area contributed by atoms with Crippen LogP contribution in [0.4, 0.5) is 10.5 Å². The molecule has 1 atom stereocenters. The molecule has 4 N–H and O–H groups in total. The second-order valence-electron chi connectivity index (χ2n) is 5.94. The van der Waals surface area contributed by atoms with E-state index in [-0.39, 0.29) is 17.4 Å². The predicted octanol–water partition coefficient (Wildman–Crippen LogP) is 2.38. The van der Waals surface area contributed by atoms with Crippen LogP contribution in [0.1, 0.15) is 33.9 Å². The van der Waals surface area contributed by atoms with Gasteiger partial charge in [-0.05, 0) is 35.6 Å². The molecule has 2 rings (SSSR count). The summed E-state index contributed by atoms with van der Waals surface area (Å²) in [4.78, 5) is 47.8. The molecule has 0 bridgehead atoms. The Hall–Kier alpha value is -3.20. The van der Waals surface area contributed by atoms with E-state index in [0.29, 0.717) is 10.6 Å². The average molecular weight is 389 g/mol. The van der Waals surface area contributed by atoms with Crippen molar-refractivity contribution < 1.29 is 23.9 Å². The standard InChI is InChI=1S/C18H19N3O5S/c1-10(2)14(16(23)21-18(19)25)26-17(24)11-5-3-6-12(9-11)20-15(22)13-7-4-8-27-13/h3-10,14H,1-2H3,(H,20,22)(H3,19,21,23,25)/t14-/m0/s1. The maximum atomic E-state index is 12.4. The van der Waals surface area contributed by atoms with E-state index in [1.165, 1.54) is 23.5 Å². The molecule has 4 amide bonds. The predicted molar refractivity (Wildman–Crippen MR) is 100 cm³/mol. The van der Waals surface area contributed by atoms with E-state index in [2.05, 4.69) is 5.32 Å². The fourth-order valence-corrected chi connectivity index (χ4v) is 2.81. The van der Waals surface area contributed by atoms with Crippen LogP contribution in [0.3, 0.4) is 0 Å². The summed E-state index contributed by atoms with van der Waals surface area (Å²) >= 11 is 1.29. The van der Waals surface area contributed by atoms with E-state index in [1.807, 2.05) is 5.32 Å². The maximum absolute atomic E-state index is 12.4. The van der Waals surface area contributed by atoms with Crippen molar-refractivity contribution in [3.8, 4) is 0 Å². The molecule has 0 spiro atoms. The fourth-order valence-electron chi connectivity index (χ4n) is 2.19. The summed E-state index contributed by atoms with van der Waals surface area (Å²) in [6, 6.07) is 8.56. The van der Waals surface area contributed by atoms with Gasteiger partial charge in [-0.2, -0.15) is 0 Å². The number of hydrogen-bond donors (Lipinski definition) is 3. The molecule has 1 aromatic heterocycles. The van der Waals surface area contributed by atoms with Crippen LogP contribution in [0.15, 0.2) is 41.8 Å². The first-order valence-electron chi connectivity index (χ1n) is 8.04. The van der Waals surface area contributed by atoms with Gasteiger partial charge in [-0.15, -0.1) is 11.3 Å². The van der Waals surface area contributed by atoms with E-state index in [1.54, 1.807) is 43.5 Å². The second-order valence-corrected chi connectivity index (χ2v) is 6.88. The highest BCUT2D eigenvalue weighted by atomic mass is 32.1. The van der Waals surface area contributed by atoms with Crippen LogP contribution in [0.25, 0.3) is 0 Å². The van der Waals surface area contributed by atoms with Crippen LogP contribution in [-0.4, -0.2) is 29.9 Å². The first-order chi connectivity index (χ1) is 12.8. The van der Waals surface area contributed by atoms with Gasteiger partial charge in [0.1, 0.15) is 0 Å². The van der Waals surface area contributed by atoms with Crippen LogP contribution in [0.2, 0.25) is 0 Å². The number of thiophene rings is 1. The van der Waals surface area contributed by atoms with Gasteiger partial charge in [0, 0.05) is 5.69 Å². The molecule has 142 valence electrons. The summed E-state index contributed by atoms with van der Waals surface area (Å²) in [5.74, 6) is -2.24. The Morgan fingerprint density at radius 2 is 1.85 bits per heavy atom. The lowest BCUT2D eigenvalue weighted by Crippen LogP contribution is -2.45. The van der Waals surface area contributed by atoms with Gasteiger partial charge in [0.2, 0.25) is 0 Å². The van der Waals surface area contributed by atoms with Crippen molar-refractivity contribution in [1.29, 1.82) is 0 Å². The van der Waals surface area contributed by atoms with Gasteiger partial charge in [0.25, 0.3) is 11.8 Å². The zero-order valence-corrected chi connectivity index (χ0v) is 15.5. The number of carbonyl (C=O) groups is 4. The number of nitrogens with two attached hydrogens (primary N) is 1. The lowest BCUT2D eigenvalue weighted by Gasteiger charge is -2.20. The Kier molecular flexibility index (Phi) is 6.67. The number of amides is 4. The SMILES string of the molecule is CC(C)[C@H](OC(=O)c1cccc(NC(=O)c2cccs2)c1)C(=O)NC(N)=O. The number of esters is 1. The summed E-state index contributed by atoms with van der Waals surface area (Å²) in [7, 11) is 0. The van der Waals surface area contributed by atoms with Gasteiger partial charge in [-0.3, -0.25) is 14.9 Å². The summed E-state index contributed by atoms with van der Waals surface area (Å²) in [5.41, 5.74) is 5.49. The van der Waals surface area contributed by atoms with Crippen molar-refractivity contribution in [1.82, 2.24) is 5.32 Å². The van der Waals surface area contributed by atoms with Crippen LogP contribution in [-0.2, 0) is 9.53 Å². The minimum absolute atomic E-state index is 0.150. The van der Waals surface area contributed by atoms with Gasteiger partial charge in [-0.25, -0.2) is 9.59 Å². The number of benzene rings is 1. The third kappa shape index (κ3) is 5.65. The highest BCUT2D eigenvalue weighted by molar-refractivity contribution is 7.12. The first kappa shape index (κ1) is 20.1. The molecule has 8 nitrogen and oxygen atoms in total. The molecule has 0 aliphatic heterocycles. The number of ether oxygens (including phenoxy) is 1. The monoisotopic (exact) mass is 389 g/mol. The maximum Gasteiger partial charge on any atom is 0.338 e. The van der Waals surface area contributed by atoms with Crippen molar-refractivity contribution >= 4 is 40.8 Å². The molecular formula is C18H19N3O5S. The van der Waals surface area contributed by atoms with E-state index in [9.17, 15) is 19.2 Å². The van der Waals surface area contributed by atoms with E-state index in [4.69, 9.17) is 10.5 Å².